The summed E-state index contributed by atoms with van der Waals surface area (Å²) >= 11 is 0. The number of benzene rings is 1. The average Bonchev–Trinajstić information content (AvgIpc) is 3.07. The molecule has 1 aliphatic rings. The van der Waals surface area contributed by atoms with Crippen LogP contribution in [-0.2, 0) is 17.9 Å². The van der Waals surface area contributed by atoms with Gasteiger partial charge in [0, 0.05) is 31.4 Å². The first-order chi connectivity index (χ1) is 12.2. The molecule has 0 atom stereocenters. The van der Waals surface area contributed by atoms with Crippen LogP contribution in [0.4, 0.5) is 0 Å². The number of ether oxygens (including phenoxy) is 1. The van der Waals surface area contributed by atoms with Gasteiger partial charge in [0.25, 0.3) is 0 Å². The minimum absolute atomic E-state index is 0.182. The van der Waals surface area contributed by atoms with Crippen LogP contribution in [-0.4, -0.2) is 28.5 Å². The van der Waals surface area contributed by atoms with Crippen molar-refractivity contribution in [3.05, 3.63) is 53.9 Å². The Balaban J connectivity index is 1.74. The summed E-state index contributed by atoms with van der Waals surface area (Å²) in [5.74, 6) is 1.06. The van der Waals surface area contributed by atoms with E-state index in [2.05, 4.69) is 39.9 Å². The van der Waals surface area contributed by atoms with Crippen molar-refractivity contribution in [1.82, 2.24) is 9.47 Å². The molecule has 0 aliphatic heterocycles. The summed E-state index contributed by atoms with van der Waals surface area (Å²) in [5.41, 5.74) is 2.38. The number of carbonyl (C=O) groups excluding carboxylic acids is 1. The summed E-state index contributed by atoms with van der Waals surface area (Å²) in [4.78, 5) is 14.3. The first kappa shape index (κ1) is 17.6. The molecule has 1 heterocycles. The van der Waals surface area contributed by atoms with E-state index in [0.29, 0.717) is 12.6 Å². The highest BCUT2D eigenvalue weighted by Crippen LogP contribution is 2.24. The van der Waals surface area contributed by atoms with Crippen molar-refractivity contribution in [2.24, 2.45) is 0 Å². The zero-order chi connectivity index (χ0) is 17.6. The third kappa shape index (κ3) is 4.44. The first-order valence-corrected chi connectivity index (χ1v) is 9.21. The van der Waals surface area contributed by atoms with Gasteiger partial charge in [0.15, 0.2) is 0 Å². The van der Waals surface area contributed by atoms with Crippen molar-refractivity contribution < 1.29 is 9.53 Å². The van der Waals surface area contributed by atoms with Gasteiger partial charge in [-0.3, -0.25) is 4.79 Å². The molecule has 0 unspecified atom stereocenters. The number of amides is 1. The van der Waals surface area contributed by atoms with Gasteiger partial charge >= 0.3 is 0 Å². The Morgan fingerprint density at radius 3 is 2.72 bits per heavy atom. The van der Waals surface area contributed by atoms with E-state index in [9.17, 15) is 4.79 Å². The molecule has 0 N–H and O–H groups in total. The van der Waals surface area contributed by atoms with Crippen molar-refractivity contribution >= 4 is 5.91 Å². The maximum atomic E-state index is 12.2. The fraction of sp³-hybridized carbons (Fsp3) is 0.476. The zero-order valence-electron chi connectivity index (χ0n) is 15.3. The molecule has 1 amide bonds. The molecule has 1 fully saturated rings. The van der Waals surface area contributed by atoms with Gasteiger partial charge < -0.3 is 14.2 Å². The molecule has 2 aromatic rings. The van der Waals surface area contributed by atoms with Crippen LogP contribution in [0.1, 0.15) is 50.3 Å². The fourth-order valence-electron chi connectivity index (χ4n) is 3.78. The maximum absolute atomic E-state index is 12.2. The number of methoxy groups -OCH3 is 1. The molecule has 0 spiro atoms. The molecule has 3 rings (SSSR count). The topological polar surface area (TPSA) is 34.5 Å². The molecule has 134 valence electrons. The van der Waals surface area contributed by atoms with Gasteiger partial charge in [0.05, 0.1) is 13.7 Å². The summed E-state index contributed by atoms with van der Waals surface area (Å²) in [7, 11) is 1.69. The van der Waals surface area contributed by atoms with Crippen LogP contribution in [0.3, 0.4) is 0 Å². The Kier molecular flexibility index (Phi) is 5.79. The lowest BCUT2D eigenvalue weighted by Crippen LogP contribution is -2.40. The highest BCUT2D eigenvalue weighted by molar-refractivity contribution is 5.73. The summed E-state index contributed by atoms with van der Waals surface area (Å²) in [6.07, 6.45) is 8.13. The molecule has 0 bridgehead atoms. The molecule has 1 saturated carbocycles. The predicted molar refractivity (Wildman–Crippen MR) is 99.6 cm³/mol. The normalized spacial score (nSPS) is 15.1. The number of nitrogens with zero attached hydrogens (tertiary/aromatic N) is 2. The van der Waals surface area contributed by atoms with Gasteiger partial charge in [0.1, 0.15) is 5.75 Å². The van der Waals surface area contributed by atoms with Crippen molar-refractivity contribution in [2.75, 3.05) is 7.11 Å². The molecule has 4 nitrogen and oxygen atoms in total. The Morgan fingerprint density at radius 1 is 1.20 bits per heavy atom. The molecule has 1 aromatic heterocycles. The predicted octanol–water partition coefficient (Wildman–Crippen LogP) is 4.23. The summed E-state index contributed by atoms with van der Waals surface area (Å²) in [6.45, 7) is 3.18. The Morgan fingerprint density at radius 2 is 2.00 bits per heavy atom. The average molecular weight is 340 g/mol. The summed E-state index contributed by atoms with van der Waals surface area (Å²) < 4.78 is 7.55. The molecule has 1 aromatic carbocycles. The lowest BCUT2D eigenvalue weighted by atomic mass is 9.94. The maximum Gasteiger partial charge on any atom is 0.220 e. The number of carbonyl (C=O) groups is 1. The largest absolute Gasteiger partial charge is 0.497 e. The van der Waals surface area contributed by atoms with Crippen LogP contribution in [0.15, 0.2) is 42.6 Å². The van der Waals surface area contributed by atoms with Crippen LogP contribution in [0, 0.1) is 0 Å². The fourth-order valence-corrected chi connectivity index (χ4v) is 3.78. The van der Waals surface area contributed by atoms with E-state index in [1.54, 1.807) is 14.0 Å². The summed E-state index contributed by atoms with van der Waals surface area (Å²) in [5, 5.41) is 0. The van der Waals surface area contributed by atoms with Crippen molar-refractivity contribution in [3.63, 3.8) is 0 Å². The van der Waals surface area contributed by atoms with Crippen LogP contribution in [0.5, 0.6) is 5.75 Å². The van der Waals surface area contributed by atoms with E-state index in [1.807, 2.05) is 12.1 Å². The number of rotatable bonds is 6. The molecular weight excluding hydrogens is 312 g/mol. The number of hydrogen-bond donors (Lipinski definition) is 0. The second kappa shape index (κ2) is 8.24. The van der Waals surface area contributed by atoms with Crippen LogP contribution >= 0.6 is 0 Å². The standard InChI is InChI=1S/C21H28N2O2/c1-17(24)23(19-9-4-3-5-10-19)16-20-11-7-13-22(20)15-18-8-6-12-21(14-18)25-2/h6-8,11-14,19H,3-5,9-10,15-16H2,1-2H3. The quantitative estimate of drug-likeness (QED) is 0.789. The third-order valence-electron chi connectivity index (χ3n) is 5.16. The Hall–Kier alpha value is -2.23. The Labute approximate surface area is 150 Å². The van der Waals surface area contributed by atoms with Gasteiger partial charge in [-0.15, -0.1) is 0 Å². The molecule has 4 heteroatoms. The van der Waals surface area contributed by atoms with E-state index in [-0.39, 0.29) is 5.91 Å². The lowest BCUT2D eigenvalue weighted by Gasteiger charge is -2.34. The van der Waals surface area contributed by atoms with Crippen molar-refractivity contribution in [3.8, 4) is 5.75 Å². The molecule has 1 aliphatic carbocycles. The Bertz CT molecular complexity index is 701. The van der Waals surface area contributed by atoms with Gasteiger partial charge in [-0.05, 0) is 42.7 Å². The molecule has 25 heavy (non-hydrogen) atoms. The monoisotopic (exact) mass is 340 g/mol. The SMILES string of the molecule is COc1cccc(Cn2cccc2CN(C(C)=O)C2CCCCC2)c1. The number of aromatic nitrogens is 1. The van der Waals surface area contributed by atoms with E-state index in [1.165, 1.54) is 30.5 Å². The van der Waals surface area contributed by atoms with Crippen molar-refractivity contribution in [2.45, 2.75) is 58.2 Å². The second-order valence-corrected chi connectivity index (χ2v) is 6.92. The third-order valence-corrected chi connectivity index (χ3v) is 5.16. The van der Waals surface area contributed by atoms with E-state index in [0.717, 1.165) is 25.1 Å². The minimum atomic E-state index is 0.182. The van der Waals surface area contributed by atoms with E-state index >= 15 is 0 Å². The second-order valence-electron chi connectivity index (χ2n) is 6.92. The molecule has 0 saturated heterocycles. The van der Waals surface area contributed by atoms with Gasteiger partial charge in [-0.1, -0.05) is 31.4 Å². The minimum Gasteiger partial charge on any atom is -0.497 e. The van der Waals surface area contributed by atoms with Crippen LogP contribution in [0.2, 0.25) is 0 Å². The van der Waals surface area contributed by atoms with Gasteiger partial charge in [0.2, 0.25) is 5.91 Å². The van der Waals surface area contributed by atoms with Gasteiger partial charge in [-0.25, -0.2) is 0 Å². The van der Waals surface area contributed by atoms with Gasteiger partial charge in [-0.2, -0.15) is 0 Å². The highest BCUT2D eigenvalue weighted by Gasteiger charge is 2.24. The lowest BCUT2D eigenvalue weighted by molar-refractivity contribution is -0.132. The van der Waals surface area contributed by atoms with E-state index in [4.69, 9.17) is 4.74 Å². The number of hydrogen-bond acceptors (Lipinski definition) is 2. The highest BCUT2D eigenvalue weighted by atomic mass is 16.5. The first-order valence-electron chi connectivity index (χ1n) is 9.21. The summed E-state index contributed by atoms with van der Waals surface area (Å²) in [6, 6.07) is 12.7. The van der Waals surface area contributed by atoms with Crippen LogP contribution in [0.25, 0.3) is 0 Å². The molecule has 0 radical (unpaired) electrons. The smallest absolute Gasteiger partial charge is 0.220 e. The van der Waals surface area contributed by atoms with Crippen LogP contribution < -0.4 is 4.74 Å². The van der Waals surface area contributed by atoms with Crippen molar-refractivity contribution in [1.29, 1.82) is 0 Å². The zero-order valence-corrected chi connectivity index (χ0v) is 15.3. The van der Waals surface area contributed by atoms with E-state index < -0.39 is 0 Å². The molecular formula is C21H28N2O2.